The van der Waals surface area contributed by atoms with Crippen LogP contribution in [0.15, 0.2) is 66.1 Å². The van der Waals surface area contributed by atoms with Gasteiger partial charge in [-0.1, -0.05) is 18.2 Å². The first-order valence-electron chi connectivity index (χ1n) is 8.38. The summed E-state index contributed by atoms with van der Waals surface area (Å²) in [6.45, 7) is 2.08. The maximum absolute atomic E-state index is 12.2. The van der Waals surface area contributed by atoms with E-state index in [4.69, 9.17) is 4.74 Å². The van der Waals surface area contributed by atoms with Crippen molar-refractivity contribution in [1.29, 1.82) is 0 Å². The summed E-state index contributed by atoms with van der Waals surface area (Å²) in [5.41, 5.74) is 2.00. The van der Waals surface area contributed by atoms with Crippen molar-refractivity contribution in [3.05, 3.63) is 66.5 Å². The number of nitrogens with one attached hydrogen (secondary N) is 2. The van der Waals surface area contributed by atoms with Crippen molar-refractivity contribution in [1.82, 2.24) is 10.1 Å². The summed E-state index contributed by atoms with van der Waals surface area (Å²) in [5, 5.41) is 6.52. The molecule has 1 aromatic heterocycles. The molecule has 0 saturated carbocycles. The van der Waals surface area contributed by atoms with Crippen LogP contribution in [0, 0.1) is 0 Å². The van der Waals surface area contributed by atoms with Gasteiger partial charge in [-0.05, 0) is 60.1 Å². The second-order valence-corrected chi connectivity index (χ2v) is 6.42. The first-order chi connectivity index (χ1) is 13.2. The lowest BCUT2D eigenvalue weighted by molar-refractivity contribution is -0.694. The summed E-state index contributed by atoms with van der Waals surface area (Å²) >= 11 is 1.32. The van der Waals surface area contributed by atoms with Gasteiger partial charge in [0.2, 0.25) is 12.2 Å². The topological polar surface area (TPSA) is 88.0 Å². The van der Waals surface area contributed by atoms with Gasteiger partial charge in [0.05, 0.1) is 17.9 Å². The van der Waals surface area contributed by atoms with Crippen molar-refractivity contribution >= 4 is 29.3 Å². The van der Waals surface area contributed by atoms with Crippen molar-refractivity contribution in [3.63, 3.8) is 0 Å². The number of benzene rings is 2. The zero-order chi connectivity index (χ0) is 19.1. The number of nitrogens with zero attached hydrogens (tertiary/aromatic N) is 2. The van der Waals surface area contributed by atoms with Crippen LogP contribution in [-0.4, -0.2) is 34.3 Å². The van der Waals surface area contributed by atoms with Crippen molar-refractivity contribution in [2.45, 2.75) is 12.1 Å². The molecule has 0 bridgehead atoms. The maximum Gasteiger partial charge on any atom is 0.385 e. The van der Waals surface area contributed by atoms with Crippen LogP contribution in [0.2, 0.25) is 0 Å². The molecule has 0 radical (unpaired) electrons. The number of aromatic nitrogens is 3. The van der Waals surface area contributed by atoms with Crippen LogP contribution in [-0.2, 0) is 9.53 Å². The molecule has 3 aromatic rings. The van der Waals surface area contributed by atoms with Crippen LogP contribution >= 0.6 is 11.8 Å². The Labute approximate surface area is 160 Å². The Morgan fingerprint density at radius 2 is 1.89 bits per heavy atom. The third-order valence-corrected chi connectivity index (χ3v) is 4.53. The van der Waals surface area contributed by atoms with Gasteiger partial charge in [0, 0.05) is 5.69 Å². The number of hydrogen-bond donors (Lipinski definition) is 2. The summed E-state index contributed by atoms with van der Waals surface area (Å²) in [5.74, 6) is -0.335. The molecule has 2 aromatic carbocycles. The number of anilines is 1. The van der Waals surface area contributed by atoms with E-state index in [0.717, 1.165) is 5.69 Å². The molecule has 0 fully saturated rings. The number of para-hydroxylation sites is 1. The highest BCUT2D eigenvalue weighted by Gasteiger charge is 2.18. The number of H-pyrrole nitrogens is 1. The van der Waals surface area contributed by atoms with Crippen molar-refractivity contribution in [3.8, 4) is 5.69 Å². The van der Waals surface area contributed by atoms with E-state index in [9.17, 15) is 9.59 Å². The molecule has 0 saturated heterocycles. The van der Waals surface area contributed by atoms with E-state index in [1.807, 2.05) is 35.0 Å². The molecule has 138 valence electrons. The molecule has 0 aliphatic rings. The molecule has 0 spiro atoms. The number of hydrogen-bond acceptors (Lipinski definition) is 5. The van der Waals surface area contributed by atoms with E-state index in [1.54, 1.807) is 37.5 Å². The average molecular weight is 383 g/mol. The lowest BCUT2D eigenvalue weighted by Gasteiger charge is -2.05. The number of esters is 1. The Bertz CT molecular complexity index is 910. The highest BCUT2D eigenvalue weighted by Crippen LogP contribution is 2.14. The van der Waals surface area contributed by atoms with Crippen LogP contribution < -0.4 is 10.00 Å². The largest absolute Gasteiger partial charge is 0.462 e. The third kappa shape index (κ3) is 4.95. The Balaban J connectivity index is 1.56. The van der Waals surface area contributed by atoms with Crippen molar-refractivity contribution in [2.24, 2.45) is 0 Å². The Morgan fingerprint density at radius 3 is 2.59 bits per heavy atom. The number of amides is 1. The van der Waals surface area contributed by atoms with Gasteiger partial charge in [0.15, 0.2) is 5.69 Å². The quantitative estimate of drug-likeness (QED) is 0.372. The highest BCUT2D eigenvalue weighted by atomic mass is 32.2. The molecule has 7 nitrogen and oxygen atoms in total. The number of thioether (sulfide) groups is 1. The Morgan fingerprint density at radius 1 is 1.15 bits per heavy atom. The van der Waals surface area contributed by atoms with E-state index < -0.39 is 0 Å². The maximum atomic E-state index is 12.2. The van der Waals surface area contributed by atoms with Crippen LogP contribution in [0.1, 0.15) is 17.3 Å². The normalized spacial score (nSPS) is 10.4. The number of carbonyl (C=O) groups is 2. The molecular weight excluding hydrogens is 364 g/mol. The number of ether oxygens (including phenoxy) is 1. The van der Waals surface area contributed by atoms with E-state index in [2.05, 4.69) is 15.4 Å². The van der Waals surface area contributed by atoms with Gasteiger partial charge in [0.1, 0.15) is 0 Å². The first kappa shape index (κ1) is 18.7. The Hall–Kier alpha value is -3.13. The van der Waals surface area contributed by atoms with Gasteiger partial charge < -0.3 is 10.1 Å². The molecule has 1 heterocycles. The molecule has 0 unspecified atom stereocenters. The zero-order valence-corrected chi connectivity index (χ0v) is 15.5. The van der Waals surface area contributed by atoms with Crippen LogP contribution in [0.5, 0.6) is 0 Å². The van der Waals surface area contributed by atoms with E-state index in [0.29, 0.717) is 23.0 Å². The van der Waals surface area contributed by atoms with Gasteiger partial charge in [0.25, 0.3) is 0 Å². The minimum atomic E-state index is -0.380. The lowest BCUT2D eigenvalue weighted by Crippen LogP contribution is -2.35. The van der Waals surface area contributed by atoms with Gasteiger partial charge in [-0.15, -0.1) is 4.68 Å². The van der Waals surface area contributed by atoms with Crippen LogP contribution in [0.4, 0.5) is 5.69 Å². The number of aromatic amines is 1. The third-order valence-electron chi connectivity index (χ3n) is 3.58. The fraction of sp³-hybridized carbons (Fsp3) is 0.158. The molecule has 2 N–H and O–H groups in total. The van der Waals surface area contributed by atoms with Gasteiger partial charge in [-0.3, -0.25) is 4.79 Å². The Kier molecular flexibility index (Phi) is 6.22. The van der Waals surface area contributed by atoms with Gasteiger partial charge in [-0.2, -0.15) is 5.10 Å². The monoisotopic (exact) mass is 383 g/mol. The second-order valence-electron chi connectivity index (χ2n) is 5.48. The molecule has 0 aliphatic carbocycles. The second kappa shape index (κ2) is 9.00. The summed E-state index contributed by atoms with van der Waals surface area (Å²) in [6.07, 6.45) is 1.58. The van der Waals surface area contributed by atoms with Crippen LogP contribution in [0.25, 0.3) is 5.69 Å². The van der Waals surface area contributed by atoms with Crippen molar-refractivity contribution in [2.75, 3.05) is 17.7 Å². The number of rotatable bonds is 7. The average Bonchev–Trinajstić information content (AvgIpc) is 3.16. The molecular formula is C19H19N4O3S+. The molecule has 0 aliphatic heterocycles. The SMILES string of the molecule is CCOC(=O)c1ccc(NC(=O)CSc2nc[nH][n+]2-c2ccccc2)cc1. The fourth-order valence-electron chi connectivity index (χ4n) is 2.35. The molecule has 1 amide bonds. The summed E-state index contributed by atoms with van der Waals surface area (Å²) in [7, 11) is 0. The minimum Gasteiger partial charge on any atom is -0.462 e. The summed E-state index contributed by atoms with van der Waals surface area (Å²) in [4.78, 5) is 28.1. The van der Waals surface area contributed by atoms with Crippen molar-refractivity contribution < 1.29 is 19.0 Å². The molecule has 27 heavy (non-hydrogen) atoms. The minimum absolute atomic E-state index is 0.161. The first-order valence-corrected chi connectivity index (χ1v) is 9.36. The van der Waals surface area contributed by atoms with E-state index >= 15 is 0 Å². The van der Waals surface area contributed by atoms with Crippen LogP contribution in [0.3, 0.4) is 0 Å². The molecule has 3 rings (SSSR count). The standard InChI is InChI=1S/C19H18N4O3S/c1-2-26-18(25)14-8-10-15(11-9-14)22-17(24)12-27-19-20-13-21-23(19)16-6-4-3-5-7-16/h3-11,13H,2,12H2,1H3,(H,22,24,25)/p+1. The lowest BCUT2D eigenvalue weighted by atomic mass is 10.2. The smallest absolute Gasteiger partial charge is 0.385 e. The van der Waals surface area contributed by atoms with Gasteiger partial charge in [-0.25, -0.2) is 4.79 Å². The van der Waals surface area contributed by atoms with E-state index in [-0.39, 0.29) is 17.6 Å². The fourth-order valence-corrected chi connectivity index (χ4v) is 3.10. The zero-order valence-electron chi connectivity index (χ0n) is 14.7. The summed E-state index contributed by atoms with van der Waals surface area (Å²) in [6, 6.07) is 16.3. The predicted octanol–water partition coefficient (Wildman–Crippen LogP) is 2.59. The van der Waals surface area contributed by atoms with E-state index in [1.165, 1.54) is 11.8 Å². The van der Waals surface area contributed by atoms with Gasteiger partial charge >= 0.3 is 11.1 Å². The predicted molar refractivity (Wildman–Crippen MR) is 102 cm³/mol. The summed E-state index contributed by atoms with van der Waals surface area (Å²) < 4.78 is 6.75. The highest BCUT2D eigenvalue weighted by molar-refractivity contribution is 7.99. The molecule has 0 atom stereocenters. The number of carbonyl (C=O) groups excluding carboxylic acids is 2. The molecule has 8 heteroatoms.